The molecule has 1 heterocycles. The summed E-state index contributed by atoms with van der Waals surface area (Å²) >= 11 is 0. The first-order valence-corrected chi connectivity index (χ1v) is 8.05. The van der Waals surface area contributed by atoms with Crippen LogP contribution in [0.15, 0.2) is 60.7 Å². The van der Waals surface area contributed by atoms with Crippen LogP contribution in [0, 0.1) is 0 Å². The molecule has 92 valence electrons. The molecule has 0 N–H and O–H groups in total. The minimum Gasteiger partial charge on any atom is -0.114 e. The first kappa shape index (κ1) is 11.9. The van der Waals surface area contributed by atoms with Gasteiger partial charge in [-0.05, 0) is 36.0 Å². The Labute approximate surface area is 111 Å². The molecule has 0 aromatic heterocycles. The van der Waals surface area contributed by atoms with Crippen molar-refractivity contribution < 1.29 is 0 Å². The Hall–Kier alpha value is -1.13. The molecule has 0 aliphatic carbocycles. The quantitative estimate of drug-likeness (QED) is 0.663. The van der Waals surface area contributed by atoms with E-state index >= 15 is 0 Å². The molecule has 0 bridgehead atoms. The van der Waals surface area contributed by atoms with E-state index < -0.39 is 0 Å². The lowest BCUT2D eigenvalue weighted by molar-refractivity contribution is 0.604. The Morgan fingerprint density at radius 2 is 1.33 bits per heavy atom. The predicted octanol–water partition coefficient (Wildman–Crippen LogP) is 4.98. The van der Waals surface area contributed by atoms with Crippen LogP contribution in [0.1, 0.15) is 35.5 Å². The second-order valence-corrected chi connectivity index (χ2v) is 6.57. The van der Waals surface area contributed by atoms with E-state index in [1.54, 1.807) is 5.56 Å². The minimum atomic E-state index is 0.796. The van der Waals surface area contributed by atoms with Crippen molar-refractivity contribution in [1.29, 1.82) is 0 Å². The van der Waals surface area contributed by atoms with Crippen LogP contribution in [0.25, 0.3) is 0 Å². The molecule has 3 unspecified atom stereocenters. The average Bonchev–Trinajstić information content (AvgIpc) is 2.49. The van der Waals surface area contributed by atoms with Crippen LogP contribution in [0.4, 0.5) is 0 Å². The monoisotopic (exact) mass is 254 g/mol. The maximum absolute atomic E-state index is 2.29. The van der Waals surface area contributed by atoms with Crippen molar-refractivity contribution in [2.45, 2.75) is 24.4 Å². The summed E-state index contributed by atoms with van der Waals surface area (Å²) in [6, 6.07) is 22.1. The fraction of sp³-hybridized carbons (Fsp3) is 0.294. The maximum atomic E-state index is 2.29. The van der Waals surface area contributed by atoms with E-state index in [0.717, 1.165) is 20.2 Å². The standard InChI is InChI=1S/C17H19P/c1-3-7-14(8-4-1)16-11-12-17(18-13-16)15-9-5-2-6-10-15/h1-10,16-18H,11-13H2. The zero-order valence-corrected chi connectivity index (χ0v) is 11.5. The lowest BCUT2D eigenvalue weighted by atomic mass is 9.93. The maximum Gasteiger partial charge on any atom is 0.00145 e. The van der Waals surface area contributed by atoms with Crippen LogP contribution in [-0.4, -0.2) is 6.16 Å². The molecule has 18 heavy (non-hydrogen) atoms. The number of rotatable bonds is 2. The van der Waals surface area contributed by atoms with Crippen LogP contribution < -0.4 is 0 Å². The molecule has 1 aliphatic rings. The molecule has 2 aromatic carbocycles. The Morgan fingerprint density at radius 1 is 0.722 bits per heavy atom. The summed E-state index contributed by atoms with van der Waals surface area (Å²) < 4.78 is 0. The van der Waals surface area contributed by atoms with Gasteiger partial charge >= 0.3 is 0 Å². The molecule has 0 radical (unpaired) electrons. The van der Waals surface area contributed by atoms with Crippen molar-refractivity contribution in [2.75, 3.05) is 6.16 Å². The molecule has 0 spiro atoms. The third kappa shape index (κ3) is 2.65. The highest BCUT2D eigenvalue weighted by Crippen LogP contribution is 2.47. The van der Waals surface area contributed by atoms with Crippen molar-refractivity contribution in [3.05, 3.63) is 71.8 Å². The average molecular weight is 254 g/mol. The highest BCUT2D eigenvalue weighted by atomic mass is 31.1. The molecule has 0 amide bonds. The topological polar surface area (TPSA) is 0 Å². The Bertz CT molecular complexity index is 422. The summed E-state index contributed by atoms with van der Waals surface area (Å²) in [7, 11) is 1.08. The Kier molecular flexibility index (Phi) is 3.76. The summed E-state index contributed by atoms with van der Waals surface area (Å²) in [5.74, 6) is 0.796. The van der Waals surface area contributed by atoms with Gasteiger partial charge in [-0.25, -0.2) is 0 Å². The number of benzene rings is 2. The molecule has 1 aliphatic heterocycles. The van der Waals surface area contributed by atoms with Gasteiger partial charge in [-0.3, -0.25) is 0 Å². The van der Waals surface area contributed by atoms with E-state index in [-0.39, 0.29) is 0 Å². The first-order chi connectivity index (χ1) is 8.93. The highest BCUT2D eigenvalue weighted by Gasteiger charge is 2.22. The molecule has 1 fully saturated rings. The molecule has 1 saturated heterocycles. The van der Waals surface area contributed by atoms with Gasteiger partial charge in [-0.1, -0.05) is 60.7 Å². The summed E-state index contributed by atoms with van der Waals surface area (Å²) in [5, 5.41) is 0. The van der Waals surface area contributed by atoms with Crippen molar-refractivity contribution in [2.24, 2.45) is 0 Å². The molecule has 0 saturated carbocycles. The second kappa shape index (κ2) is 5.67. The first-order valence-electron chi connectivity index (χ1n) is 6.77. The molecular formula is C17H19P. The fourth-order valence-electron chi connectivity index (χ4n) is 2.84. The van der Waals surface area contributed by atoms with Crippen molar-refractivity contribution in [3.63, 3.8) is 0 Å². The van der Waals surface area contributed by atoms with Gasteiger partial charge < -0.3 is 0 Å². The molecule has 3 rings (SSSR count). The van der Waals surface area contributed by atoms with E-state index in [2.05, 4.69) is 60.7 Å². The van der Waals surface area contributed by atoms with Gasteiger partial charge in [0.25, 0.3) is 0 Å². The van der Waals surface area contributed by atoms with E-state index in [4.69, 9.17) is 0 Å². The molecule has 2 aromatic rings. The van der Waals surface area contributed by atoms with Crippen molar-refractivity contribution >= 4 is 8.58 Å². The normalized spacial score (nSPS) is 25.1. The fourth-order valence-corrected chi connectivity index (χ4v) is 4.64. The third-order valence-corrected chi connectivity index (χ3v) is 5.73. The van der Waals surface area contributed by atoms with Crippen LogP contribution in [0.5, 0.6) is 0 Å². The minimum absolute atomic E-state index is 0.796. The van der Waals surface area contributed by atoms with Gasteiger partial charge in [0.1, 0.15) is 0 Å². The predicted molar refractivity (Wildman–Crippen MR) is 80.8 cm³/mol. The summed E-state index contributed by atoms with van der Waals surface area (Å²) in [6.07, 6.45) is 4.06. The van der Waals surface area contributed by atoms with Gasteiger partial charge in [0.2, 0.25) is 0 Å². The Morgan fingerprint density at radius 3 is 1.89 bits per heavy atom. The van der Waals surface area contributed by atoms with Crippen LogP contribution in [0.3, 0.4) is 0 Å². The van der Waals surface area contributed by atoms with Gasteiger partial charge in [0.15, 0.2) is 0 Å². The van der Waals surface area contributed by atoms with E-state index in [9.17, 15) is 0 Å². The molecular weight excluding hydrogens is 235 g/mol. The van der Waals surface area contributed by atoms with Gasteiger partial charge in [0, 0.05) is 5.66 Å². The Balaban J connectivity index is 1.65. The van der Waals surface area contributed by atoms with Gasteiger partial charge in [0.05, 0.1) is 0 Å². The van der Waals surface area contributed by atoms with Crippen LogP contribution >= 0.6 is 8.58 Å². The summed E-state index contributed by atoms with van der Waals surface area (Å²) in [4.78, 5) is 0. The van der Waals surface area contributed by atoms with Gasteiger partial charge in [-0.2, -0.15) is 0 Å². The number of hydrogen-bond acceptors (Lipinski definition) is 0. The van der Waals surface area contributed by atoms with E-state index in [0.29, 0.717) is 0 Å². The lowest BCUT2D eigenvalue weighted by Crippen LogP contribution is -2.10. The molecule has 1 heteroatoms. The highest BCUT2D eigenvalue weighted by molar-refractivity contribution is 7.38. The third-order valence-electron chi connectivity index (χ3n) is 3.89. The molecule has 3 atom stereocenters. The zero-order valence-electron chi connectivity index (χ0n) is 10.5. The SMILES string of the molecule is c1ccc(C2CCC(c3ccccc3)PC2)cc1. The van der Waals surface area contributed by atoms with Crippen LogP contribution in [0.2, 0.25) is 0 Å². The second-order valence-electron chi connectivity index (χ2n) is 5.06. The lowest BCUT2D eigenvalue weighted by Gasteiger charge is -2.29. The summed E-state index contributed by atoms with van der Waals surface area (Å²) in [6.45, 7) is 0. The van der Waals surface area contributed by atoms with Crippen molar-refractivity contribution in [3.8, 4) is 0 Å². The van der Waals surface area contributed by atoms with Gasteiger partial charge in [-0.15, -0.1) is 8.58 Å². The van der Waals surface area contributed by atoms with E-state index in [1.807, 2.05) is 0 Å². The number of hydrogen-bond donors (Lipinski definition) is 0. The molecule has 0 nitrogen and oxygen atoms in total. The smallest absolute Gasteiger partial charge is 0.00145 e. The summed E-state index contributed by atoms with van der Waals surface area (Å²) in [5.41, 5.74) is 3.89. The van der Waals surface area contributed by atoms with Crippen LogP contribution in [-0.2, 0) is 0 Å². The largest absolute Gasteiger partial charge is 0.114 e. The van der Waals surface area contributed by atoms with E-state index in [1.165, 1.54) is 24.6 Å². The zero-order chi connectivity index (χ0) is 12.2. The van der Waals surface area contributed by atoms with Crippen molar-refractivity contribution in [1.82, 2.24) is 0 Å².